The van der Waals surface area contributed by atoms with E-state index in [0.717, 1.165) is 38.5 Å². The lowest BCUT2D eigenvalue weighted by atomic mass is 10.1. The Hall–Kier alpha value is -3.90. The molecule has 6 heteroatoms. The summed E-state index contributed by atoms with van der Waals surface area (Å²) in [5, 5.41) is 1.59. The molecule has 34 heavy (non-hydrogen) atoms. The van der Waals surface area contributed by atoms with Gasteiger partial charge in [-0.25, -0.2) is 8.42 Å². The molecule has 0 fully saturated rings. The highest BCUT2D eigenvalue weighted by molar-refractivity contribution is 7.90. The molecule has 0 saturated carbocycles. The quantitative estimate of drug-likeness (QED) is 0.380. The first-order valence-corrected chi connectivity index (χ1v) is 12.6. The number of fused-ring (bicyclic) bond motifs is 3. The summed E-state index contributed by atoms with van der Waals surface area (Å²) in [6.07, 6.45) is 0. The minimum atomic E-state index is -3.50. The number of rotatable bonds is 6. The van der Waals surface area contributed by atoms with Crippen LogP contribution in [-0.4, -0.2) is 18.9 Å². The van der Waals surface area contributed by atoms with Crippen molar-refractivity contribution in [1.82, 2.24) is 4.57 Å². The summed E-state index contributed by atoms with van der Waals surface area (Å²) in [6.45, 7) is 2.44. The summed E-state index contributed by atoms with van der Waals surface area (Å²) in [5.74, 6) is -0.588. The van der Waals surface area contributed by atoms with E-state index >= 15 is 0 Å². The van der Waals surface area contributed by atoms with Gasteiger partial charge in [0.25, 0.3) is 0 Å². The van der Waals surface area contributed by atoms with Crippen LogP contribution in [0.5, 0.6) is 0 Å². The second kappa shape index (κ2) is 8.47. The number of benzene rings is 4. The van der Waals surface area contributed by atoms with Crippen LogP contribution in [0.3, 0.4) is 0 Å². The molecule has 169 valence electrons. The molecule has 1 amide bonds. The third-order valence-electron chi connectivity index (χ3n) is 6.10. The van der Waals surface area contributed by atoms with E-state index in [2.05, 4.69) is 16.7 Å². The van der Waals surface area contributed by atoms with Crippen molar-refractivity contribution in [2.24, 2.45) is 5.73 Å². The van der Waals surface area contributed by atoms with Gasteiger partial charge in [-0.05, 0) is 60.0 Å². The van der Waals surface area contributed by atoms with Crippen molar-refractivity contribution in [1.29, 1.82) is 0 Å². The smallest absolute Gasteiger partial charge is 0.249 e. The Bertz CT molecular complexity index is 1650. The van der Waals surface area contributed by atoms with Gasteiger partial charge in [-0.2, -0.15) is 0 Å². The molecule has 0 aliphatic rings. The molecule has 5 aromatic rings. The highest BCUT2D eigenvalue weighted by Gasteiger charge is 2.20. The minimum absolute atomic E-state index is 0.0952. The summed E-state index contributed by atoms with van der Waals surface area (Å²) in [5.41, 5.74) is 10.6. The number of hydrogen-bond acceptors (Lipinski definition) is 3. The van der Waals surface area contributed by atoms with Gasteiger partial charge in [0.05, 0.1) is 21.7 Å². The Kier molecular flexibility index (Phi) is 5.46. The van der Waals surface area contributed by atoms with Crippen LogP contribution < -0.4 is 5.73 Å². The van der Waals surface area contributed by atoms with Crippen LogP contribution >= 0.6 is 0 Å². The van der Waals surface area contributed by atoms with E-state index in [1.807, 2.05) is 49.4 Å². The number of sulfone groups is 1. The average Bonchev–Trinajstić information content (AvgIpc) is 3.13. The van der Waals surface area contributed by atoms with Crippen LogP contribution in [0.1, 0.15) is 27.0 Å². The van der Waals surface area contributed by atoms with Gasteiger partial charge in [-0.3, -0.25) is 4.79 Å². The number of amides is 1. The Balaban J connectivity index is 1.66. The second-order valence-corrected chi connectivity index (χ2v) is 10.4. The Labute approximate surface area is 198 Å². The Morgan fingerprint density at radius 1 is 0.912 bits per heavy atom. The first-order chi connectivity index (χ1) is 16.3. The van der Waals surface area contributed by atoms with Crippen molar-refractivity contribution in [3.8, 4) is 0 Å². The van der Waals surface area contributed by atoms with Crippen LogP contribution in [0.4, 0.5) is 0 Å². The number of aromatic nitrogens is 1. The van der Waals surface area contributed by atoms with E-state index in [-0.39, 0.29) is 5.75 Å². The number of nitrogens with two attached hydrogens (primary N) is 1. The summed E-state index contributed by atoms with van der Waals surface area (Å²) in [7, 11) is -3.50. The SMILES string of the molecule is Cc1c[c]c2c3c(C(N)=O)cccc3n(Cc3ccccc3CS(=O)(=O)c3ccccc3)c2c1. The molecule has 0 unspecified atom stereocenters. The minimum Gasteiger partial charge on any atom is -0.366 e. The maximum atomic E-state index is 13.1. The molecule has 0 aliphatic carbocycles. The van der Waals surface area contributed by atoms with Gasteiger partial charge >= 0.3 is 0 Å². The molecule has 0 bridgehead atoms. The lowest BCUT2D eigenvalue weighted by Gasteiger charge is -2.13. The van der Waals surface area contributed by atoms with E-state index in [1.165, 1.54) is 0 Å². The molecule has 4 aromatic carbocycles. The van der Waals surface area contributed by atoms with Crippen LogP contribution in [0, 0.1) is 13.0 Å². The molecular formula is C28H23N2O3S. The molecule has 1 radical (unpaired) electrons. The Morgan fingerprint density at radius 2 is 1.62 bits per heavy atom. The van der Waals surface area contributed by atoms with Crippen LogP contribution in [0.25, 0.3) is 21.8 Å². The molecular weight excluding hydrogens is 444 g/mol. The third-order valence-corrected chi connectivity index (χ3v) is 7.78. The van der Waals surface area contributed by atoms with Crippen molar-refractivity contribution >= 4 is 37.6 Å². The molecule has 0 atom stereocenters. The van der Waals surface area contributed by atoms with Crippen molar-refractivity contribution in [3.63, 3.8) is 0 Å². The molecule has 0 saturated heterocycles. The van der Waals surface area contributed by atoms with Crippen molar-refractivity contribution < 1.29 is 13.2 Å². The molecule has 5 rings (SSSR count). The zero-order valence-electron chi connectivity index (χ0n) is 18.7. The number of hydrogen-bond donors (Lipinski definition) is 1. The zero-order valence-corrected chi connectivity index (χ0v) is 19.5. The Morgan fingerprint density at radius 3 is 2.35 bits per heavy atom. The van der Waals surface area contributed by atoms with Gasteiger partial charge in [0.2, 0.25) is 5.91 Å². The highest BCUT2D eigenvalue weighted by Crippen LogP contribution is 2.33. The second-order valence-electron chi connectivity index (χ2n) is 8.43. The first-order valence-electron chi connectivity index (χ1n) is 10.9. The highest BCUT2D eigenvalue weighted by atomic mass is 32.2. The number of aryl methyl sites for hydroxylation is 1. The van der Waals surface area contributed by atoms with Gasteiger partial charge < -0.3 is 10.3 Å². The van der Waals surface area contributed by atoms with Gasteiger partial charge in [0.1, 0.15) is 0 Å². The molecule has 1 heterocycles. The molecule has 5 nitrogen and oxygen atoms in total. The topological polar surface area (TPSA) is 82.2 Å². The van der Waals surface area contributed by atoms with E-state index in [4.69, 9.17) is 5.73 Å². The lowest BCUT2D eigenvalue weighted by Crippen LogP contribution is -2.11. The predicted octanol–water partition coefficient (Wildman–Crippen LogP) is 5.02. The number of nitrogens with zero attached hydrogens (tertiary/aromatic N) is 1. The maximum absolute atomic E-state index is 13.1. The fraction of sp³-hybridized carbons (Fsp3) is 0.107. The normalized spacial score (nSPS) is 11.8. The van der Waals surface area contributed by atoms with E-state index < -0.39 is 15.7 Å². The maximum Gasteiger partial charge on any atom is 0.249 e. The summed E-state index contributed by atoms with van der Waals surface area (Å²) in [6, 6.07) is 28.8. The first kappa shape index (κ1) is 21.9. The zero-order chi connectivity index (χ0) is 23.9. The molecule has 0 aliphatic heterocycles. The van der Waals surface area contributed by atoms with E-state index in [0.29, 0.717) is 17.0 Å². The van der Waals surface area contributed by atoms with Gasteiger partial charge in [0, 0.05) is 22.9 Å². The van der Waals surface area contributed by atoms with Gasteiger partial charge in [-0.15, -0.1) is 0 Å². The number of carbonyl (C=O) groups is 1. The fourth-order valence-corrected chi connectivity index (χ4v) is 5.90. The van der Waals surface area contributed by atoms with Gasteiger partial charge in [-0.1, -0.05) is 54.6 Å². The van der Waals surface area contributed by atoms with Crippen molar-refractivity contribution in [2.45, 2.75) is 24.1 Å². The predicted molar refractivity (Wildman–Crippen MR) is 134 cm³/mol. The average molecular weight is 468 g/mol. The number of primary amides is 1. The lowest BCUT2D eigenvalue weighted by molar-refractivity contribution is 0.100. The van der Waals surface area contributed by atoms with E-state index in [1.54, 1.807) is 36.4 Å². The summed E-state index contributed by atoms with van der Waals surface area (Å²) < 4.78 is 28.3. The summed E-state index contributed by atoms with van der Waals surface area (Å²) >= 11 is 0. The molecule has 1 aromatic heterocycles. The monoisotopic (exact) mass is 467 g/mol. The van der Waals surface area contributed by atoms with Crippen LogP contribution in [-0.2, 0) is 22.1 Å². The van der Waals surface area contributed by atoms with Crippen molar-refractivity contribution in [3.05, 3.63) is 113 Å². The van der Waals surface area contributed by atoms with Gasteiger partial charge in [0.15, 0.2) is 9.84 Å². The third kappa shape index (κ3) is 3.86. The number of carbonyl (C=O) groups excluding carboxylic acids is 1. The summed E-state index contributed by atoms with van der Waals surface area (Å²) in [4.78, 5) is 12.5. The standard InChI is InChI=1S/C28H23N2O3S/c1-19-14-15-23-26(16-19)30(25-13-7-12-24(27(23)25)28(29)31)17-20-8-5-6-9-21(20)18-34(32,33)22-10-3-2-4-11-22/h2-14,16H,17-18H2,1H3,(H2,29,31). The largest absolute Gasteiger partial charge is 0.366 e. The molecule has 0 spiro atoms. The van der Waals surface area contributed by atoms with Crippen LogP contribution in [0.15, 0.2) is 89.8 Å². The van der Waals surface area contributed by atoms with E-state index in [9.17, 15) is 13.2 Å². The fourth-order valence-electron chi connectivity index (χ4n) is 4.47. The van der Waals surface area contributed by atoms with Crippen molar-refractivity contribution in [2.75, 3.05) is 0 Å². The molecule has 2 N–H and O–H groups in total. The van der Waals surface area contributed by atoms with Crippen LogP contribution in [0.2, 0.25) is 0 Å².